The van der Waals surface area contributed by atoms with Crippen LogP contribution in [0.15, 0.2) is 30.3 Å². The van der Waals surface area contributed by atoms with E-state index in [4.69, 9.17) is 10.5 Å². The Kier molecular flexibility index (Phi) is 5.35. The van der Waals surface area contributed by atoms with Crippen molar-refractivity contribution in [3.63, 3.8) is 0 Å². The largest absolute Gasteiger partial charge is 0.464 e. The van der Waals surface area contributed by atoms with E-state index in [9.17, 15) is 4.79 Å². The second-order valence-corrected chi connectivity index (χ2v) is 5.80. The molecule has 0 amide bonds. The van der Waals surface area contributed by atoms with Crippen molar-refractivity contribution in [1.82, 2.24) is 0 Å². The monoisotopic (exact) mass is 249 g/mol. The molecule has 0 radical (unpaired) electrons. The standard InChI is InChI=1S/C15H23NO2/c1-15(2,3)11-18-14(17)13(16)10-9-12-7-5-4-6-8-12/h4-8,13H,9-11,16H2,1-3H3. The molecule has 3 nitrogen and oxygen atoms in total. The molecule has 0 heterocycles. The van der Waals surface area contributed by atoms with Gasteiger partial charge in [0.2, 0.25) is 0 Å². The van der Waals surface area contributed by atoms with Gasteiger partial charge in [0.05, 0.1) is 6.61 Å². The van der Waals surface area contributed by atoms with E-state index in [1.54, 1.807) is 0 Å². The lowest BCUT2D eigenvalue weighted by molar-refractivity contribution is -0.148. The number of hydrogen-bond donors (Lipinski definition) is 1. The van der Waals surface area contributed by atoms with Gasteiger partial charge in [-0.15, -0.1) is 0 Å². The number of benzene rings is 1. The predicted octanol–water partition coefficient (Wildman–Crippen LogP) is 2.54. The summed E-state index contributed by atoms with van der Waals surface area (Å²) in [5.74, 6) is -0.305. The van der Waals surface area contributed by atoms with Gasteiger partial charge in [-0.25, -0.2) is 0 Å². The van der Waals surface area contributed by atoms with E-state index in [1.165, 1.54) is 5.56 Å². The zero-order valence-corrected chi connectivity index (χ0v) is 11.5. The first-order valence-electron chi connectivity index (χ1n) is 6.34. The highest BCUT2D eigenvalue weighted by molar-refractivity contribution is 5.75. The molecule has 0 bridgehead atoms. The molecular formula is C15H23NO2. The van der Waals surface area contributed by atoms with Crippen LogP contribution in [0.25, 0.3) is 0 Å². The maximum atomic E-state index is 11.7. The molecule has 0 aliphatic carbocycles. The van der Waals surface area contributed by atoms with Crippen LogP contribution in [0.3, 0.4) is 0 Å². The highest BCUT2D eigenvalue weighted by Crippen LogP contribution is 2.13. The Hall–Kier alpha value is -1.35. The molecule has 1 rings (SSSR count). The van der Waals surface area contributed by atoms with E-state index in [0.29, 0.717) is 13.0 Å². The van der Waals surface area contributed by atoms with E-state index >= 15 is 0 Å². The highest BCUT2D eigenvalue weighted by Gasteiger charge is 2.18. The fourth-order valence-electron chi connectivity index (χ4n) is 1.48. The summed E-state index contributed by atoms with van der Waals surface area (Å²) in [5, 5.41) is 0. The molecule has 0 aliphatic rings. The first-order chi connectivity index (χ1) is 8.38. The minimum absolute atomic E-state index is 0.0190. The van der Waals surface area contributed by atoms with Gasteiger partial charge in [0.1, 0.15) is 6.04 Å². The number of hydrogen-bond acceptors (Lipinski definition) is 3. The highest BCUT2D eigenvalue weighted by atomic mass is 16.5. The van der Waals surface area contributed by atoms with Gasteiger partial charge < -0.3 is 10.5 Å². The van der Waals surface area contributed by atoms with Gasteiger partial charge in [-0.2, -0.15) is 0 Å². The summed E-state index contributed by atoms with van der Waals surface area (Å²) >= 11 is 0. The van der Waals surface area contributed by atoms with Gasteiger partial charge >= 0.3 is 5.97 Å². The number of esters is 1. The van der Waals surface area contributed by atoms with E-state index in [-0.39, 0.29) is 11.4 Å². The molecule has 0 saturated carbocycles. The topological polar surface area (TPSA) is 52.3 Å². The van der Waals surface area contributed by atoms with E-state index in [2.05, 4.69) is 0 Å². The maximum Gasteiger partial charge on any atom is 0.322 e. The number of carbonyl (C=O) groups is 1. The SMILES string of the molecule is CC(C)(C)COC(=O)C(N)CCc1ccccc1. The van der Waals surface area contributed by atoms with Crippen molar-refractivity contribution < 1.29 is 9.53 Å². The van der Waals surface area contributed by atoms with Crippen molar-refractivity contribution in [1.29, 1.82) is 0 Å². The zero-order chi connectivity index (χ0) is 13.6. The Morgan fingerprint density at radius 2 is 1.89 bits per heavy atom. The van der Waals surface area contributed by atoms with Gasteiger partial charge in [0.25, 0.3) is 0 Å². The fourth-order valence-corrected chi connectivity index (χ4v) is 1.48. The van der Waals surface area contributed by atoms with Crippen LogP contribution in [0.5, 0.6) is 0 Å². The van der Waals surface area contributed by atoms with Crippen LogP contribution in [-0.2, 0) is 16.0 Å². The lowest BCUT2D eigenvalue weighted by atomic mass is 9.98. The zero-order valence-electron chi connectivity index (χ0n) is 11.5. The minimum atomic E-state index is -0.535. The number of aryl methyl sites for hydroxylation is 1. The van der Waals surface area contributed by atoms with Crippen LogP contribution < -0.4 is 5.73 Å². The van der Waals surface area contributed by atoms with Crippen LogP contribution in [-0.4, -0.2) is 18.6 Å². The maximum absolute atomic E-state index is 11.7. The van der Waals surface area contributed by atoms with Crippen molar-refractivity contribution in [3.8, 4) is 0 Å². The van der Waals surface area contributed by atoms with Crippen LogP contribution in [0.4, 0.5) is 0 Å². The molecule has 0 aliphatic heterocycles. The summed E-state index contributed by atoms with van der Waals surface area (Å²) in [4.78, 5) is 11.7. The van der Waals surface area contributed by atoms with Gasteiger partial charge in [-0.05, 0) is 23.8 Å². The number of ether oxygens (including phenoxy) is 1. The van der Waals surface area contributed by atoms with E-state index in [1.807, 2.05) is 51.1 Å². The van der Waals surface area contributed by atoms with Crippen molar-refractivity contribution in [2.75, 3.05) is 6.61 Å². The average Bonchev–Trinajstić information content (AvgIpc) is 2.33. The molecule has 0 fully saturated rings. The molecule has 1 aromatic carbocycles. The summed E-state index contributed by atoms with van der Waals surface area (Å²) < 4.78 is 5.19. The Bertz CT molecular complexity index is 368. The summed E-state index contributed by atoms with van der Waals surface area (Å²) in [5.41, 5.74) is 6.99. The third kappa shape index (κ3) is 5.82. The molecule has 1 atom stereocenters. The van der Waals surface area contributed by atoms with Gasteiger partial charge in [0, 0.05) is 0 Å². The number of carbonyl (C=O) groups excluding carboxylic acids is 1. The summed E-state index contributed by atoms with van der Waals surface area (Å²) in [6, 6.07) is 9.48. The average molecular weight is 249 g/mol. The number of nitrogens with two attached hydrogens (primary N) is 1. The van der Waals surface area contributed by atoms with Crippen LogP contribution in [0.2, 0.25) is 0 Å². The van der Waals surface area contributed by atoms with E-state index < -0.39 is 6.04 Å². The third-order valence-electron chi connectivity index (χ3n) is 2.54. The number of rotatable bonds is 5. The molecule has 1 unspecified atom stereocenters. The molecular weight excluding hydrogens is 226 g/mol. The fraction of sp³-hybridized carbons (Fsp3) is 0.533. The lowest BCUT2D eigenvalue weighted by Crippen LogP contribution is -2.34. The smallest absolute Gasteiger partial charge is 0.322 e. The Balaban J connectivity index is 2.32. The van der Waals surface area contributed by atoms with Gasteiger partial charge in [-0.1, -0.05) is 51.1 Å². The summed E-state index contributed by atoms with van der Waals surface area (Å²) in [6.45, 7) is 6.48. The molecule has 0 spiro atoms. The molecule has 2 N–H and O–H groups in total. The van der Waals surface area contributed by atoms with Crippen molar-refractivity contribution in [2.45, 2.75) is 39.7 Å². The summed E-state index contributed by atoms with van der Waals surface area (Å²) in [6.07, 6.45) is 1.42. The summed E-state index contributed by atoms with van der Waals surface area (Å²) in [7, 11) is 0. The van der Waals surface area contributed by atoms with Crippen molar-refractivity contribution in [2.24, 2.45) is 11.1 Å². The molecule has 3 heteroatoms. The molecule has 100 valence electrons. The van der Waals surface area contributed by atoms with Crippen molar-refractivity contribution >= 4 is 5.97 Å². The first kappa shape index (κ1) is 14.7. The van der Waals surface area contributed by atoms with Crippen molar-refractivity contribution in [3.05, 3.63) is 35.9 Å². The van der Waals surface area contributed by atoms with Gasteiger partial charge in [0.15, 0.2) is 0 Å². The van der Waals surface area contributed by atoms with Crippen LogP contribution in [0.1, 0.15) is 32.8 Å². The molecule has 1 aromatic rings. The second-order valence-electron chi connectivity index (χ2n) is 5.80. The Morgan fingerprint density at radius 3 is 2.44 bits per heavy atom. The predicted molar refractivity (Wildman–Crippen MR) is 73.2 cm³/mol. The Morgan fingerprint density at radius 1 is 1.28 bits per heavy atom. The third-order valence-corrected chi connectivity index (χ3v) is 2.54. The lowest BCUT2D eigenvalue weighted by Gasteiger charge is -2.19. The molecule has 18 heavy (non-hydrogen) atoms. The molecule has 0 saturated heterocycles. The van der Waals surface area contributed by atoms with E-state index in [0.717, 1.165) is 6.42 Å². The van der Waals surface area contributed by atoms with Crippen LogP contribution >= 0.6 is 0 Å². The second kappa shape index (κ2) is 6.55. The normalized spacial score (nSPS) is 13.1. The minimum Gasteiger partial charge on any atom is -0.464 e. The molecule has 0 aromatic heterocycles. The Labute approximate surface area is 109 Å². The van der Waals surface area contributed by atoms with Crippen LogP contribution in [0, 0.1) is 5.41 Å². The first-order valence-corrected chi connectivity index (χ1v) is 6.34. The quantitative estimate of drug-likeness (QED) is 0.816. The van der Waals surface area contributed by atoms with Gasteiger partial charge in [-0.3, -0.25) is 4.79 Å².